The van der Waals surface area contributed by atoms with Gasteiger partial charge in [0.05, 0.1) is 0 Å². The van der Waals surface area contributed by atoms with Crippen LogP contribution in [0.1, 0.15) is 24.0 Å². The Labute approximate surface area is 126 Å². The lowest BCUT2D eigenvalue weighted by atomic mass is 10.2. The van der Waals surface area contributed by atoms with E-state index in [1.165, 1.54) is 0 Å². The molecule has 0 aliphatic heterocycles. The van der Waals surface area contributed by atoms with E-state index >= 15 is 0 Å². The van der Waals surface area contributed by atoms with Gasteiger partial charge in [-0.15, -0.1) is 0 Å². The van der Waals surface area contributed by atoms with Crippen molar-refractivity contribution in [1.29, 1.82) is 5.41 Å². The summed E-state index contributed by atoms with van der Waals surface area (Å²) in [5.41, 5.74) is 4.48. The molecule has 0 saturated heterocycles. The standard InChI is InChI=1S/C11H10F3N5S2/c1-2-7-18-10(21-19-7)20-9-5(8(15)16)3-4-6(17-9)11(12,13)14/h3-4H,2H2,1H3,(H3,15,16). The number of halogens is 3. The highest BCUT2D eigenvalue weighted by Crippen LogP contribution is 2.34. The zero-order valence-electron chi connectivity index (χ0n) is 10.7. The van der Waals surface area contributed by atoms with Crippen molar-refractivity contribution in [2.24, 2.45) is 5.73 Å². The quantitative estimate of drug-likeness (QED) is 0.663. The Morgan fingerprint density at radius 2 is 2.10 bits per heavy atom. The molecule has 2 rings (SSSR count). The maximum Gasteiger partial charge on any atom is 0.433 e. The van der Waals surface area contributed by atoms with Crippen LogP contribution < -0.4 is 5.73 Å². The van der Waals surface area contributed by atoms with Crippen molar-refractivity contribution in [2.45, 2.75) is 28.9 Å². The Morgan fingerprint density at radius 1 is 1.38 bits per heavy atom. The lowest BCUT2D eigenvalue weighted by Gasteiger charge is -2.10. The van der Waals surface area contributed by atoms with Gasteiger partial charge in [0.15, 0.2) is 4.34 Å². The third-order valence-electron chi connectivity index (χ3n) is 2.39. The monoisotopic (exact) mass is 333 g/mol. The number of pyridine rings is 1. The fraction of sp³-hybridized carbons (Fsp3) is 0.273. The van der Waals surface area contributed by atoms with Gasteiger partial charge in [-0.1, -0.05) is 6.92 Å². The summed E-state index contributed by atoms with van der Waals surface area (Å²) in [6.07, 6.45) is -3.92. The van der Waals surface area contributed by atoms with Crippen LogP contribution in [-0.4, -0.2) is 20.2 Å². The van der Waals surface area contributed by atoms with Crippen LogP contribution in [0.15, 0.2) is 21.5 Å². The van der Waals surface area contributed by atoms with Crippen LogP contribution in [0.25, 0.3) is 0 Å². The predicted octanol–water partition coefficient (Wildman–Crippen LogP) is 2.95. The van der Waals surface area contributed by atoms with Gasteiger partial charge in [0, 0.05) is 12.0 Å². The average Bonchev–Trinajstić information content (AvgIpc) is 2.85. The van der Waals surface area contributed by atoms with Gasteiger partial charge in [-0.05, 0) is 35.4 Å². The van der Waals surface area contributed by atoms with Crippen LogP contribution in [0, 0.1) is 5.41 Å². The molecule has 0 aliphatic carbocycles. The molecule has 112 valence electrons. The first-order valence-corrected chi connectivity index (χ1v) is 7.33. The zero-order valence-corrected chi connectivity index (χ0v) is 12.4. The van der Waals surface area contributed by atoms with E-state index in [2.05, 4.69) is 14.3 Å². The molecule has 0 unspecified atom stereocenters. The zero-order chi connectivity index (χ0) is 15.6. The summed E-state index contributed by atoms with van der Waals surface area (Å²) in [7, 11) is 0. The van der Waals surface area contributed by atoms with E-state index in [9.17, 15) is 13.2 Å². The number of amidine groups is 1. The highest BCUT2D eigenvalue weighted by atomic mass is 32.2. The van der Waals surface area contributed by atoms with Crippen molar-refractivity contribution in [3.63, 3.8) is 0 Å². The smallest absolute Gasteiger partial charge is 0.384 e. The van der Waals surface area contributed by atoms with Crippen LogP contribution >= 0.6 is 23.3 Å². The first-order valence-electron chi connectivity index (χ1n) is 5.74. The van der Waals surface area contributed by atoms with Crippen LogP contribution in [0.3, 0.4) is 0 Å². The Kier molecular flexibility index (Phi) is 4.47. The Balaban J connectivity index is 2.41. The van der Waals surface area contributed by atoms with Crippen molar-refractivity contribution in [1.82, 2.24) is 14.3 Å². The normalized spacial score (nSPS) is 11.6. The summed E-state index contributed by atoms with van der Waals surface area (Å²) in [6.45, 7) is 1.88. The molecular weight excluding hydrogens is 323 g/mol. The van der Waals surface area contributed by atoms with Crippen molar-refractivity contribution in [3.05, 3.63) is 29.2 Å². The Bertz CT molecular complexity index is 668. The third kappa shape index (κ3) is 3.70. The summed E-state index contributed by atoms with van der Waals surface area (Å²) in [5, 5.41) is 7.42. The minimum atomic E-state index is -4.56. The number of hydrogen-bond acceptors (Lipinski definition) is 6. The molecule has 0 aliphatic rings. The third-order valence-corrected chi connectivity index (χ3v) is 4.18. The van der Waals surface area contributed by atoms with E-state index in [0.717, 1.165) is 35.4 Å². The lowest BCUT2D eigenvalue weighted by molar-refractivity contribution is -0.141. The summed E-state index contributed by atoms with van der Waals surface area (Å²) in [6, 6.07) is 1.95. The minimum Gasteiger partial charge on any atom is -0.384 e. The van der Waals surface area contributed by atoms with Gasteiger partial charge in [0.1, 0.15) is 22.4 Å². The second kappa shape index (κ2) is 5.98. The fourth-order valence-corrected chi connectivity index (χ4v) is 3.13. The summed E-state index contributed by atoms with van der Waals surface area (Å²) < 4.78 is 42.7. The predicted molar refractivity (Wildman–Crippen MR) is 73.7 cm³/mol. The van der Waals surface area contributed by atoms with Crippen LogP contribution in [0.5, 0.6) is 0 Å². The van der Waals surface area contributed by atoms with E-state index < -0.39 is 11.9 Å². The van der Waals surface area contributed by atoms with Gasteiger partial charge in [-0.2, -0.15) is 17.5 Å². The molecule has 0 radical (unpaired) electrons. The fourth-order valence-electron chi connectivity index (χ4n) is 1.39. The molecule has 0 aromatic carbocycles. The molecule has 0 amide bonds. The summed E-state index contributed by atoms with van der Waals surface area (Å²) >= 11 is 1.99. The molecule has 2 aromatic rings. The molecule has 2 aromatic heterocycles. The van der Waals surface area contributed by atoms with Gasteiger partial charge < -0.3 is 5.73 Å². The van der Waals surface area contributed by atoms with E-state index in [1.54, 1.807) is 0 Å². The van der Waals surface area contributed by atoms with E-state index in [0.29, 0.717) is 16.6 Å². The second-order valence-corrected chi connectivity index (χ2v) is 5.88. The molecule has 0 fully saturated rings. The van der Waals surface area contributed by atoms with Crippen LogP contribution in [0.2, 0.25) is 0 Å². The SMILES string of the molecule is CCc1nsc(Sc2nc(C(F)(F)F)ccc2C(=N)N)n1. The van der Waals surface area contributed by atoms with E-state index in [1.807, 2.05) is 6.92 Å². The van der Waals surface area contributed by atoms with Gasteiger partial charge in [-0.3, -0.25) is 5.41 Å². The molecule has 5 nitrogen and oxygen atoms in total. The largest absolute Gasteiger partial charge is 0.433 e. The highest BCUT2D eigenvalue weighted by molar-refractivity contribution is 8.01. The van der Waals surface area contributed by atoms with Gasteiger partial charge in [0.2, 0.25) is 0 Å². The number of aromatic nitrogens is 3. The first-order chi connectivity index (χ1) is 9.81. The molecule has 0 spiro atoms. The van der Waals surface area contributed by atoms with Crippen LogP contribution in [-0.2, 0) is 12.6 Å². The van der Waals surface area contributed by atoms with Crippen molar-refractivity contribution >= 4 is 29.1 Å². The van der Waals surface area contributed by atoms with E-state index in [4.69, 9.17) is 11.1 Å². The molecule has 0 bridgehead atoms. The number of alkyl halides is 3. The van der Waals surface area contributed by atoms with Crippen molar-refractivity contribution in [3.8, 4) is 0 Å². The average molecular weight is 333 g/mol. The number of nitrogen functional groups attached to an aromatic ring is 1. The molecule has 21 heavy (non-hydrogen) atoms. The molecule has 0 atom stereocenters. The van der Waals surface area contributed by atoms with Crippen LogP contribution in [0.4, 0.5) is 13.2 Å². The first kappa shape index (κ1) is 15.7. The molecular formula is C11H10F3N5S2. The minimum absolute atomic E-state index is 0.00359. The van der Waals surface area contributed by atoms with Crippen molar-refractivity contribution < 1.29 is 13.2 Å². The van der Waals surface area contributed by atoms with E-state index in [-0.39, 0.29) is 16.4 Å². The lowest BCUT2D eigenvalue weighted by Crippen LogP contribution is -2.16. The van der Waals surface area contributed by atoms with Gasteiger partial charge in [-0.25, -0.2) is 9.97 Å². The molecule has 3 N–H and O–H groups in total. The summed E-state index contributed by atoms with van der Waals surface area (Å²) in [5.74, 6) is 0.262. The number of aryl methyl sites for hydroxylation is 1. The summed E-state index contributed by atoms with van der Waals surface area (Å²) in [4.78, 5) is 7.71. The Morgan fingerprint density at radius 3 is 2.62 bits per heavy atom. The number of nitrogens with zero attached hydrogens (tertiary/aromatic N) is 3. The molecule has 10 heteroatoms. The molecule has 2 heterocycles. The highest BCUT2D eigenvalue weighted by Gasteiger charge is 2.33. The number of hydrogen-bond donors (Lipinski definition) is 2. The molecule has 0 saturated carbocycles. The second-order valence-electron chi connectivity index (χ2n) is 3.89. The number of nitrogens with one attached hydrogen (secondary N) is 1. The maximum atomic E-state index is 12.7. The van der Waals surface area contributed by atoms with Gasteiger partial charge >= 0.3 is 6.18 Å². The number of rotatable bonds is 4. The van der Waals surface area contributed by atoms with Crippen molar-refractivity contribution in [2.75, 3.05) is 0 Å². The number of nitrogens with two attached hydrogens (primary N) is 1. The maximum absolute atomic E-state index is 12.7. The topological polar surface area (TPSA) is 88.5 Å². The Hall–Kier alpha value is -1.68. The van der Waals surface area contributed by atoms with Gasteiger partial charge in [0.25, 0.3) is 0 Å².